The van der Waals surface area contributed by atoms with Crippen molar-refractivity contribution in [3.05, 3.63) is 82.9 Å². The number of alkyl halides is 3. The normalized spacial score (nSPS) is 11.4. The average molecular weight is 562 g/mol. The first-order valence-corrected chi connectivity index (χ1v) is 12.2. The summed E-state index contributed by atoms with van der Waals surface area (Å²) in [6.45, 7) is 1.49. The Morgan fingerprint density at radius 1 is 1.00 bits per heavy atom. The number of unbranched alkanes of at least 4 members (excludes halogenated alkanes) is 1. The molecule has 4 rings (SSSR count). The maximum absolute atomic E-state index is 14.0. The third kappa shape index (κ3) is 6.71. The fourth-order valence-corrected chi connectivity index (χ4v) is 3.70. The molecule has 40 heavy (non-hydrogen) atoms. The van der Waals surface area contributed by atoms with Crippen LogP contribution in [-0.4, -0.2) is 28.6 Å². The van der Waals surface area contributed by atoms with E-state index in [2.05, 4.69) is 20.6 Å². The van der Waals surface area contributed by atoms with Crippen molar-refractivity contribution in [3.8, 4) is 11.5 Å². The molecule has 2 aromatic carbocycles. The van der Waals surface area contributed by atoms with E-state index >= 15 is 0 Å². The van der Waals surface area contributed by atoms with Crippen LogP contribution in [0.3, 0.4) is 0 Å². The molecule has 13 heteroatoms. The minimum atomic E-state index is -4.65. The van der Waals surface area contributed by atoms with Crippen LogP contribution < -0.4 is 10.6 Å². The predicted molar refractivity (Wildman–Crippen MR) is 133 cm³/mol. The summed E-state index contributed by atoms with van der Waals surface area (Å²) in [5.74, 6) is -2.65. The Kier molecular flexibility index (Phi) is 8.61. The van der Waals surface area contributed by atoms with E-state index in [9.17, 15) is 31.5 Å². The van der Waals surface area contributed by atoms with Crippen molar-refractivity contribution in [3.63, 3.8) is 0 Å². The maximum Gasteiger partial charge on any atom is 0.433 e. The number of benzene rings is 2. The van der Waals surface area contributed by atoms with E-state index in [1.54, 1.807) is 0 Å². The third-order valence-electron chi connectivity index (χ3n) is 5.74. The van der Waals surface area contributed by atoms with Crippen LogP contribution in [0.25, 0.3) is 22.4 Å². The summed E-state index contributed by atoms with van der Waals surface area (Å²) in [5.41, 5.74) is -1.07. The van der Waals surface area contributed by atoms with Crippen LogP contribution >= 0.6 is 0 Å². The van der Waals surface area contributed by atoms with Crippen LogP contribution in [0.2, 0.25) is 0 Å². The lowest BCUT2D eigenvalue weighted by molar-refractivity contribution is -0.140. The van der Waals surface area contributed by atoms with Crippen LogP contribution in [0, 0.1) is 11.6 Å². The number of amides is 2. The molecule has 8 nitrogen and oxygen atoms in total. The number of aromatic nitrogens is 2. The van der Waals surface area contributed by atoms with Gasteiger partial charge in [-0.1, -0.05) is 25.5 Å². The highest BCUT2D eigenvalue weighted by molar-refractivity contribution is 5.96. The molecule has 0 bridgehead atoms. The lowest BCUT2D eigenvalue weighted by atomic mass is 10.1. The van der Waals surface area contributed by atoms with Crippen LogP contribution in [0.1, 0.15) is 47.3 Å². The Labute approximate surface area is 224 Å². The summed E-state index contributed by atoms with van der Waals surface area (Å²) in [4.78, 5) is 33.0. The summed E-state index contributed by atoms with van der Waals surface area (Å²) >= 11 is 0. The number of pyridine rings is 1. The molecule has 2 aromatic heterocycles. The number of ether oxygens (including phenoxy) is 1. The Morgan fingerprint density at radius 2 is 1.80 bits per heavy atom. The number of nitrogens with zero attached hydrogens (tertiary/aromatic N) is 2. The molecule has 2 N–H and O–H groups in total. The van der Waals surface area contributed by atoms with E-state index in [0.717, 1.165) is 18.6 Å². The number of hydrogen-bond acceptors (Lipinski definition) is 6. The summed E-state index contributed by atoms with van der Waals surface area (Å²) < 4.78 is 77.5. The second kappa shape index (κ2) is 12.1. The fraction of sp³-hybridized carbons (Fsp3) is 0.259. The quantitative estimate of drug-likeness (QED) is 0.187. The molecule has 0 saturated heterocycles. The highest BCUT2D eigenvalue weighted by Crippen LogP contribution is 2.33. The molecular weight excluding hydrogens is 539 g/mol. The van der Waals surface area contributed by atoms with E-state index < -0.39 is 35.5 Å². The molecule has 0 aliphatic rings. The molecular formula is C27H23F5N4O4. The van der Waals surface area contributed by atoms with Crippen molar-refractivity contribution in [1.82, 2.24) is 20.6 Å². The van der Waals surface area contributed by atoms with Gasteiger partial charge in [-0.25, -0.2) is 23.5 Å². The Bertz CT molecular complexity index is 1540. The van der Waals surface area contributed by atoms with Crippen LogP contribution in [0.15, 0.2) is 52.9 Å². The van der Waals surface area contributed by atoms with Gasteiger partial charge in [0.1, 0.15) is 17.3 Å². The first kappa shape index (κ1) is 28.5. The second-order valence-electron chi connectivity index (χ2n) is 8.62. The molecule has 0 unspecified atom stereocenters. The number of carbonyl (C=O) groups is 2. The molecule has 0 atom stereocenters. The van der Waals surface area contributed by atoms with Gasteiger partial charge in [-0.05, 0) is 36.8 Å². The molecule has 0 aliphatic carbocycles. The number of oxazole rings is 1. The Morgan fingerprint density at radius 3 is 2.52 bits per heavy atom. The largest absolute Gasteiger partial charge is 0.450 e. The van der Waals surface area contributed by atoms with Gasteiger partial charge in [0.2, 0.25) is 5.89 Å². The van der Waals surface area contributed by atoms with E-state index in [4.69, 9.17) is 9.15 Å². The van der Waals surface area contributed by atoms with E-state index in [1.165, 1.54) is 30.3 Å². The van der Waals surface area contributed by atoms with Gasteiger partial charge < -0.3 is 19.8 Å². The van der Waals surface area contributed by atoms with Crippen molar-refractivity contribution >= 4 is 22.9 Å². The highest BCUT2D eigenvalue weighted by atomic mass is 19.4. The zero-order valence-corrected chi connectivity index (χ0v) is 21.1. The molecule has 210 valence electrons. The topological polar surface area (TPSA) is 106 Å². The van der Waals surface area contributed by atoms with Crippen molar-refractivity contribution in [2.45, 2.75) is 39.0 Å². The number of alkyl carbamates (subject to hydrolysis) is 1. The Balaban J connectivity index is 1.64. The molecule has 0 fully saturated rings. The molecule has 0 saturated carbocycles. The van der Waals surface area contributed by atoms with Gasteiger partial charge >= 0.3 is 12.3 Å². The van der Waals surface area contributed by atoms with Gasteiger partial charge in [-0.15, -0.1) is 0 Å². The predicted octanol–water partition coefficient (Wildman–Crippen LogP) is 6.14. The maximum atomic E-state index is 14.0. The van der Waals surface area contributed by atoms with Crippen molar-refractivity contribution < 1.29 is 40.7 Å². The summed E-state index contributed by atoms with van der Waals surface area (Å²) in [5, 5.41) is 5.19. The standard InChI is InChI=1S/C27H23F5N4O4/c1-2-3-11-39-26(38)34-14-21-23(24(37)33-13-15-7-8-16(28)12-19(15)29)36-25(40-21)18-5-4-6-20-17(18)9-10-22(35-20)27(30,31)32/h4-10,12H,2-3,11,13-14H2,1H3,(H,33,37)(H,34,38). The monoisotopic (exact) mass is 562 g/mol. The zero-order valence-electron chi connectivity index (χ0n) is 21.1. The zero-order chi connectivity index (χ0) is 28.9. The van der Waals surface area contributed by atoms with E-state index in [1.807, 2.05) is 6.92 Å². The lowest BCUT2D eigenvalue weighted by Gasteiger charge is -2.08. The van der Waals surface area contributed by atoms with Gasteiger partial charge in [0.25, 0.3) is 5.91 Å². The summed E-state index contributed by atoms with van der Waals surface area (Å²) in [7, 11) is 0. The number of carbonyl (C=O) groups excluding carboxylic acids is 2. The van der Waals surface area contributed by atoms with Gasteiger partial charge in [0.15, 0.2) is 11.5 Å². The second-order valence-corrected chi connectivity index (χ2v) is 8.62. The van der Waals surface area contributed by atoms with Gasteiger partial charge in [-0.2, -0.15) is 13.2 Å². The molecule has 0 aliphatic heterocycles. The van der Waals surface area contributed by atoms with Crippen LogP contribution in [0.4, 0.5) is 26.7 Å². The number of rotatable bonds is 9. The molecule has 0 spiro atoms. The average Bonchev–Trinajstić information content (AvgIpc) is 3.34. The SMILES string of the molecule is CCCCOC(=O)NCc1oc(-c2cccc3nc(C(F)(F)F)ccc23)nc1C(=O)NCc1ccc(F)cc1F. The smallest absolute Gasteiger partial charge is 0.433 e. The van der Waals surface area contributed by atoms with E-state index in [-0.39, 0.29) is 59.1 Å². The van der Waals surface area contributed by atoms with Crippen LogP contribution in [-0.2, 0) is 24.0 Å². The third-order valence-corrected chi connectivity index (χ3v) is 5.74. The summed E-state index contributed by atoms with van der Waals surface area (Å²) in [6, 6.07) is 9.27. The molecule has 2 amide bonds. The molecule has 4 aromatic rings. The molecule has 2 heterocycles. The minimum Gasteiger partial charge on any atom is -0.450 e. The first-order valence-electron chi connectivity index (χ1n) is 12.2. The van der Waals surface area contributed by atoms with Gasteiger partial charge in [-0.3, -0.25) is 4.79 Å². The van der Waals surface area contributed by atoms with Crippen molar-refractivity contribution in [2.24, 2.45) is 0 Å². The molecule has 0 radical (unpaired) electrons. The number of halogens is 5. The van der Waals surface area contributed by atoms with Gasteiger partial charge in [0.05, 0.1) is 18.7 Å². The lowest BCUT2D eigenvalue weighted by Crippen LogP contribution is -2.28. The summed E-state index contributed by atoms with van der Waals surface area (Å²) in [6.07, 6.45) is -3.95. The fourth-order valence-electron chi connectivity index (χ4n) is 3.70. The van der Waals surface area contributed by atoms with Crippen molar-refractivity contribution in [2.75, 3.05) is 6.61 Å². The number of nitrogens with one attached hydrogen (secondary N) is 2. The van der Waals surface area contributed by atoms with Crippen LogP contribution in [0.5, 0.6) is 0 Å². The van der Waals surface area contributed by atoms with Crippen molar-refractivity contribution in [1.29, 1.82) is 0 Å². The minimum absolute atomic E-state index is 0.0123. The first-order chi connectivity index (χ1) is 19.1. The highest BCUT2D eigenvalue weighted by Gasteiger charge is 2.32. The Hall–Kier alpha value is -4.55. The number of fused-ring (bicyclic) bond motifs is 1. The van der Waals surface area contributed by atoms with Gasteiger partial charge in [0, 0.05) is 29.1 Å². The number of hydrogen-bond donors (Lipinski definition) is 2. The van der Waals surface area contributed by atoms with E-state index in [0.29, 0.717) is 12.5 Å².